The molecule has 0 bridgehead atoms. The van der Waals surface area contributed by atoms with Crippen molar-refractivity contribution in [2.45, 2.75) is 71.1 Å². The van der Waals surface area contributed by atoms with Crippen molar-refractivity contribution in [2.24, 2.45) is 0 Å². The van der Waals surface area contributed by atoms with Crippen molar-refractivity contribution in [1.82, 2.24) is 0 Å². The highest BCUT2D eigenvalue weighted by molar-refractivity contribution is 5.80. The molecule has 0 heterocycles. The predicted octanol–water partition coefficient (Wildman–Crippen LogP) is 4.65. The van der Waals surface area contributed by atoms with Crippen LogP contribution >= 0.6 is 0 Å². The Morgan fingerprint density at radius 3 is 2.68 bits per heavy atom. The molecule has 19 heavy (non-hydrogen) atoms. The summed E-state index contributed by atoms with van der Waals surface area (Å²) in [7, 11) is 0. The SMILES string of the molecule is CCCCCCCC(=O)Cc1ccc2c(c1)CCC2. The molecular formula is C18H26O. The molecule has 0 radical (unpaired) electrons. The van der Waals surface area contributed by atoms with E-state index in [9.17, 15) is 4.79 Å². The number of carbonyl (C=O) groups is 1. The fraction of sp³-hybridized carbons (Fsp3) is 0.611. The third kappa shape index (κ3) is 4.49. The lowest BCUT2D eigenvalue weighted by Crippen LogP contribution is -2.03. The van der Waals surface area contributed by atoms with Crippen molar-refractivity contribution < 1.29 is 4.79 Å². The molecule has 0 fully saturated rings. The zero-order valence-electron chi connectivity index (χ0n) is 12.2. The molecule has 1 aliphatic carbocycles. The van der Waals surface area contributed by atoms with E-state index in [1.165, 1.54) is 61.6 Å². The van der Waals surface area contributed by atoms with Gasteiger partial charge in [-0.15, -0.1) is 0 Å². The minimum Gasteiger partial charge on any atom is -0.299 e. The molecular weight excluding hydrogens is 232 g/mol. The van der Waals surface area contributed by atoms with E-state index < -0.39 is 0 Å². The standard InChI is InChI=1S/C18H26O/c1-2-3-4-5-6-10-18(19)14-15-11-12-16-8-7-9-17(16)13-15/h11-13H,2-10,14H2,1H3. The number of benzene rings is 1. The van der Waals surface area contributed by atoms with Crippen molar-refractivity contribution in [1.29, 1.82) is 0 Å². The lowest BCUT2D eigenvalue weighted by Gasteiger charge is -2.05. The molecule has 0 aromatic heterocycles. The minimum atomic E-state index is 0.412. The van der Waals surface area contributed by atoms with Crippen LogP contribution in [-0.2, 0) is 24.1 Å². The summed E-state index contributed by atoms with van der Waals surface area (Å²) in [4.78, 5) is 11.9. The van der Waals surface area contributed by atoms with Gasteiger partial charge in [0, 0.05) is 12.8 Å². The van der Waals surface area contributed by atoms with Gasteiger partial charge in [0.2, 0.25) is 0 Å². The Morgan fingerprint density at radius 2 is 1.84 bits per heavy atom. The molecule has 1 nitrogen and oxygen atoms in total. The molecule has 0 aliphatic heterocycles. The van der Waals surface area contributed by atoms with E-state index in [4.69, 9.17) is 0 Å². The van der Waals surface area contributed by atoms with E-state index in [1.54, 1.807) is 0 Å². The third-order valence-electron chi connectivity index (χ3n) is 4.12. The highest BCUT2D eigenvalue weighted by atomic mass is 16.1. The summed E-state index contributed by atoms with van der Waals surface area (Å²) in [6, 6.07) is 6.64. The second-order valence-corrected chi connectivity index (χ2v) is 5.84. The fourth-order valence-corrected chi connectivity index (χ4v) is 2.98. The van der Waals surface area contributed by atoms with Gasteiger partial charge in [0.1, 0.15) is 5.78 Å². The Kier molecular flexibility index (Phi) is 5.62. The monoisotopic (exact) mass is 258 g/mol. The van der Waals surface area contributed by atoms with Crippen LogP contribution in [0, 0.1) is 0 Å². The number of aryl methyl sites for hydroxylation is 2. The third-order valence-corrected chi connectivity index (χ3v) is 4.12. The fourth-order valence-electron chi connectivity index (χ4n) is 2.98. The van der Waals surface area contributed by atoms with Crippen molar-refractivity contribution >= 4 is 5.78 Å². The Morgan fingerprint density at radius 1 is 1.05 bits per heavy atom. The van der Waals surface area contributed by atoms with Gasteiger partial charge >= 0.3 is 0 Å². The second kappa shape index (κ2) is 7.47. The van der Waals surface area contributed by atoms with Gasteiger partial charge in [0.15, 0.2) is 0 Å². The zero-order chi connectivity index (χ0) is 13.5. The molecule has 0 saturated heterocycles. The van der Waals surface area contributed by atoms with Crippen molar-refractivity contribution in [2.75, 3.05) is 0 Å². The van der Waals surface area contributed by atoms with Gasteiger partial charge in [-0.25, -0.2) is 0 Å². The molecule has 0 amide bonds. The second-order valence-electron chi connectivity index (χ2n) is 5.84. The maximum absolute atomic E-state index is 11.9. The molecule has 2 rings (SSSR count). The highest BCUT2D eigenvalue weighted by Crippen LogP contribution is 2.23. The van der Waals surface area contributed by atoms with E-state index in [-0.39, 0.29) is 0 Å². The van der Waals surface area contributed by atoms with E-state index in [0.29, 0.717) is 12.2 Å². The maximum atomic E-state index is 11.9. The Balaban J connectivity index is 1.73. The number of fused-ring (bicyclic) bond motifs is 1. The van der Waals surface area contributed by atoms with Gasteiger partial charge in [-0.1, -0.05) is 50.8 Å². The van der Waals surface area contributed by atoms with Gasteiger partial charge in [-0.2, -0.15) is 0 Å². The van der Waals surface area contributed by atoms with Gasteiger partial charge in [0.05, 0.1) is 0 Å². The van der Waals surface area contributed by atoms with Crippen LogP contribution < -0.4 is 0 Å². The quantitative estimate of drug-likeness (QED) is 0.620. The van der Waals surface area contributed by atoms with Crippen molar-refractivity contribution in [3.8, 4) is 0 Å². The summed E-state index contributed by atoms with van der Waals surface area (Å²) in [6.45, 7) is 2.22. The molecule has 1 aromatic carbocycles. The number of rotatable bonds is 8. The van der Waals surface area contributed by atoms with Crippen molar-refractivity contribution in [3.05, 3.63) is 34.9 Å². The van der Waals surface area contributed by atoms with Crippen LogP contribution in [0.5, 0.6) is 0 Å². The average molecular weight is 258 g/mol. The zero-order valence-corrected chi connectivity index (χ0v) is 12.2. The first-order valence-corrected chi connectivity index (χ1v) is 7.92. The van der Waals surface area contributed by atoms with Crippen LogP contribution in [0.25, 0.3) is 0 Å². The van der Waals surface area contributed by atoms with Gasteiger partial charge in [0.25, 0.3) is 0 Å². The summed E-state index contributed by atoms with van der Waals surface area (Å²) >= 11 is 0. The summed E-state index contributed by atoms with van der Waals surface area (Å²) in [5, 5.41) is 0. The van der Waals surface area contributed by atoms with E-state index in [1.807, 2.05) is 0 Å². The normalized spacial score (nSPS) is 13.5. The lowest BCUT2D eigenvalue weighted by atomic mass is 10.00. The first-order valence-electron chi connectivity index (χ1n) is 7.92. The largest absolute Gasteiger partial charge is 0.299 e. The van der Waals surface area contributed by atoms with Crippen LogP contribution in [0.1, 0.15) is 68.6 Å². The number of unbranched alkanes of at least 4 members (excludes halogenated alkanes) is 4. The smallest absolute Gasteiger partial charge is 0.137 e. The van der Waals surface area contributed by atoms with E-state index >= 15 is 0 Å². The van der Waals surface area contributed by atoms with Gasteiger partial charge in [-0.3, -0.25) is 4.79 Å². The van der Waals surface area contributed by atoms with E-state index in [0.717, 1.165) is 12.8 Å². The number of hydrogen-bond donors (Lipinski definition) is 0. The molecule has 0 spiro atoms. The van der Waals surface area contributed by atoms with Gasteiger partial charge < -0.3 is 0 Å². The molecule has 0 atom stereocenters. The molecule has 1 heteroatoms. The number of carbonyl (C=O) groups excluding carboxylic acids is 1. The summed E-state index contributed by atoms with van der Waals surface area (Å²) in [6.07, 6.45) is 11.2. The Bertz CT molecular complexity index is 420. The van der Waals surface area contributed by atoms with Gasteiger partial charge in [-0.05, 0) is 42.4 Å². The highest BCUT2D eigenvalue weighted by Gasteiger charge is 2.12. The topological polar surface area (TPSA) is 17.1 Å². The minimum absolute atomic E-state index is 0.412. The number of hydrogen-bond acceptors (Lipinski definition) is 1. The molecule has 1 aliphatic rings. The predicted molar refractivity (Wildman–Crippen MR) is 80.6 cm³/mol. The summed E-state index contributed by atoms with van der Waals surface area (Å²) < 4.78 is 0. The molecule has 0 N–H and O–H groups in total. The average Bonchev–Trinajstić information content (AvgIpc) is 2.86. The van der Waals surface area contributed by atoms with E-state index in [2.05, 4.69) is 25.1 Å². The van der Waals surface area contributed by atoms with Crippen LogP contribution in [0.2, 0.25) is 0 Å². The molecule has 0 unspecified atom stereocenters. The van der Waals surface area contributed by atoms with Crippen LogP contribution in [0.15, 0.2) is 18.2 Å². The first kappa shape index (κ1) is 14.3. The maximum Gasteiger partial charge on any atom is 0.137 e. The van der Waals surface area contributed by atoms with Crippen LogP contribution in [0.4, 0.5) is 0 Å². The first-order chi connectivity index (χ1) is 9.29. The van der Waals surface area contributed by atoms with Crippen molar-refractivity contribution in [3.63, 3.8) is 0 Å². The number of ketones is 1. The molecule has 104 valence electrons. The summed E-state index contributed by atoms with van der Waals surface area (Å²) in [5.74, 6) is 0.412. The van der Waals surface area contributed by atoms with Crippen LogP contribution in [0.3, 0.4) is 0 Å². The Hall–Kier alpha value is -1.11. The summed E-state index contributed by atoms with van der Waals surface area (Å²) in [5.41, 5.74) is 4.20. The number of Topliss-reactive ketones (excluding diaryl/α,β-unsaturated/α-hetero) is 1. The molecule has 0 saturated carbocycles. The Labute approximate surface area is 117 Å². The lowest BCUT2D eigenvalue weighted by molar-refractivity contribution is -0.118. The van der Waals surface area contributed by atoms with Crippen LogP contribution in [-0.4, -0.2) is 5.78 Å². The molecule has 1 aromatic rings.